The highest BCUT2D eigenvalue weighted by atomic mass is 35.5. The fourth-order valence-corrected chi connectivity index (χ4v) is 3.17. The zero-order chi connectivity index (χ0) is 12.3. The smallest absolute Gasteiger partial charge is 0.279 e. The van der Waals surface area contributed by atoms with Crippen LogP contribution in [0, 0.1) is 0 Å². The van der Waals surface area contributed by atoms with Crippen LogP contribution in [-0.4, -0.2) is 44.4 Å². The largest absolute Gasteiger partial charge is 0.314 e. The second-order valence-corrected chi connectivity index (χ2v) is 6.57. The molecular weight excluding hydrogens is 262 g/mol. The molecule has 7 heteroatoms. The minimum atomic E-state index is -3.33. The summed E-state index contributed by atoms with van der Waals surface area (Å²) in [5, 5.41) is 3.30. The molecule has 0 aromatic heterocycles. The molecule has 1 rings (SSSR count). The molecule has 2 N–H and O–H groups in total. The molecular formula is C10H24ClN3O2S. The third-order valence-corrected chi connectivity index (χ3v) is 4.86. The lowest BCUT2D eigenvalue weighted by molar-refractivity contribution is 0.344. The van der Waals surface area contributed by atoms with Gasteiger partial charge in [0.15, 0.2) is 0 Å². The van der Waals surface area contributed by atoms with Gasteiger partial charge in [0, 0.05) is 25.2 Å². The molecule has 0 spiro atoms. The second kappa shape index (κ2) is 6.89. The third kappa shape index (κ3) is 5.09. The van der Waals surface area contributed by atoms with Gasteiger partial charge < -0.3 is 5.32 Å². The number of piperidine rings is 1. The summed E-state index contributed by atoms with van der Waals surface area (Å²) in [6.45, 7) is 6.68. The van der Waals surface area contributed by atoms with Crippen LogP contribution < -0.4 is 10.0 Å². The molecule has 0 saturated carbocycles. The van der Waals surface area contributed by atoms with Gasteiger partial charge in [0.05, 0.1) is 0 Å². The summed E-state index contributed by atoms with van der Waals surface area (Å²) in [5.74, 6) is 0. The first-order valence-electron chi connectivity index (χ1n) is 5.81. The minimum Gasteiger partial charge on any atom is -0.314 e. The van der Waals surface area contributed by atoms with E-state index in [1.165, 1.54) is 4.31 Å². The molecule has 1 saturated heterocycles. The lowest BCUT2D eigenvalue weighted by Crippen LogP contribution is -2.51. The Labute approximate surface area is 111 Å². The summed E-state index contributed by atoms with van der Waals surface area (Å²) in [7, 11) is -1.72. The Kier molecular flexibility index (Phi) is 6.94. The lowest BCUT2D eigenvalue weighted by Gasteiger charge is -2.30. The van der Waals surface area contributed by atoms with Crippen LogP contribution in [0.4, 0.5) is 0 Å². The monoisotopic (exact) mass is 285 g/mol. The normalized spacial score (nSPS) is 26.0. The molecule has 104 valence electrons. The molecule has 0 aromatic rings. The molecule has 0 aromatic carbocycles. The maximum atomic E-state index is 11.9. The molecule has 0 radical (unpaired) electrons. The van der Waals surface area contributed by atoms with Gasteiger partial charge in [-0.1, -0.05) is 0 Å². The van der Waals surface area contributed by atoms with Gasteiger partial charge in [0.2, 0.25) is 0 Å². The number of hydrogen-bond donors (Lipinski definition) is 2. The predicted molar refractivity (Wildman–Crippen MR) is 72.7 cm³/mol. The predicted octanol–water partition coefficient (Wildman–Crippen LogP) is 0.723. The molecule has 0 bridgehead atoms. The van der Waals surface area contributed by atoms with Gasteiger partial charge >= 0.3 is 0 Å². The van der Waals surface area contributed by atoms with Crippen molar-refractivity contribution >= 4 is 22.6 Å². The Balaban J connectivity index is 0.00000256. The second-order valence-electron chi connectivity index (χ2n) is 4.81. The molecule has 0 amide bonds. The van der Waals surface area contributed by atoms with Gasteiger partial charge in [-0.25, -0.2) is 0 Å². The standard InChI is InChI=1S/C10H23N3O2S.ClH/c1-8(2)13(4)16(14,15)12-10-5-6-11-9(3)7-10;/h8-12H,5-7H2,1-4H3;1H. The number of halogens is 1. The molecule has 2 atom stereocenters. The third-order valence-electron chi connectivity index (χ3n) is 3.05. The number of nitrogens with zero attached hydrogens (tertiary/aromatic N) is 1. The Bertz CT molecular complexity index is 322. The van der Waals surface area contributed by atoms with Crippen LogP contribution in [0.1, 0.15) is 33.6 Å². The summed E-state index contributed by atoms with van der Waals surface area (Å²) in [6.07, 6.45) is 1.71. The SMILES string of the molecule is CC1CC(NS(=O)(=O)N(C)C(C)C)CCN1.Cl. The Morgan fingerprint density at radius 1 is 1.41 bits per heavy atom. The maximum absolute atomic E-state index is 11.9. The summed E-state index contributed by atoms with van der Waals surface area (Å²) >= 11 is 0. The van der Waals surface area contributed by atoms with Crippen molar-refractivity contribution in [2.24, 2.45) is 0 Å². The van der Waals surface area contributed by atoms with Gasteiger partial charge in [-0.15, -0.1) is 12.4 Å². The summed E-state index contributed by atoms with van der Waals surface area (Å²) in [4.78, 5) is 0. The first-order chi connectivity index (χ1) is 7.33. The van der Waals surface area contributed by atoms with Crippen molar-refractivity contribution in [2.45, 2.75) is 51.7 Å². The van der Waals surface area contributed by atoms with Crippen molar-refractivity contribution in [2.75, 3.05) is 13.6 Å². The van der Waals surface area contributed by atoms with Crippen molar-refractivity contribution in [3.05, 3.63) is 0 Å². The van der Waals surface area contributed by atoms with Gasteiger partial charge in [-0.05, 0) is 40.2 Å². The highest BCUT2D eigenvalue weighted by molar-refractivity contribution is 7.87. The molecule has 5 nitrogen and oxygen atoms in total. The van der Waals surface area contributed by atoms with E-state index in [1.54, 1.807) is 7.05 Å². The van der Waals surface area contributed by atoms with Crippen LogP contribution in [0.3, 0.4) is 0 Å². The molecule has 17 heavy (non-hydrogen) atoms. The average Bonchev–Trinajstić information content (AvgIpc) is 2.15. The fourth-order valence-electron chi connectivity index (χ4n) is 1.81. The Morgan fingerprint density at radius 2 is 2.00 bits per heavy atom. The van der Waals surface area contributed by atoms with Crippen molar-refractivity contribution in [3.63, 3.8) is 0 Å². The number of hydrogen-bond acceptors (Lipinski definition) is 3. The van der Waals surface area contributed by atoms with Gasteiger partial charge in [0.25, 0.3) is 10.2 Å². The minimum absolute atomic E-state index is 0. The van der Waals surface area contributed by atoms with Gasteiger partial charge in [-0.3, -0.25) is 0 Å². The highest BCUT2D eigenvalue weighted by Crippen LogP contribution is 2.11. The van der Waals surface area contributed by atoms with E-state index in [2.05, 4.69) is 17.0 Å². The molecule has 1 fully saturated rings. The van der Waals surface area contributed by atoms with E-state index in [1.807, 2.05) is 13.8 Å². The Hall–Kier alpha value is 0.120. The molecule has 1 aliphatic rings. The van der Waals surface area contributed by atoms with Crippen LogP contribution in [0.2, 0.25) is 0 Å². The number of rotatable bonds is 4. The number of nitrogens with one attached hydrogen (secondary N) is 2. The topological polar surface area (TPSA) is 61.4 Å². The van der Waals surface area contributed by atoms with Crippen molar-refractivity contribution in [1.82, 2.24) is 14.3 Å². The first kappa shape index (κ1) is 17.1. The Morgan fingerprint density at radius 3 is 2.47 bits per heavy atom. The van der Waals surface area contributed by atoms with E-state index >= 15 is 0 Å². The zero-order valence-electron chi connectivity index (χ0n) is 10.9. The van der Waals surface area contributed by atoms with E-state index in [9.17, 15) is 8.42 Å². The van der Waals surface area contributed by atoms with Crippen LogP contribution in [0.5, 0.6) is 0 Å². The fraction of sp³-hybridized carbons (Fsp3) is 1.00. The first-order valence-corrected chi connectivity index (χ1v) is 7.25. The quantitative estimate of drug-likeness (QED) is 0.800. The van der Waals surface area contributed by atoms with E-state index in [0.717, 1.165) is 19.4 Å². The van der Waals surface area contributed by atoms with Crippen LogP contribution >= 0.6 is 12.4 Å². The van der Waals surface area contributed by atoms with Crippen LogP contribution in [0.15, 0.2) is 0 Å². The van der Waals surface area contributed by atoms with Crippen molar-refractivity contribution < 1.29 is 8.42 Å². The summed E-state index contributed by atoms with van der Waals surface area (Å²) < 4.78 is 28.0. The summed E-state index contributed by atoms with van der Waals surface area (Å²) in [6, 6.07) is 0.421. The summed E-state index contributed by atoms with van der Waals surface area (Å²) in [5.41, 5.74) is 0. The molecule has 2 unspecified atom stereocenters. The molecule has 0 aliphatic carbocycles. The van der Waals surface area contributed by atoms with E-state index in [-0.39, 0.29) is 24.5 Å². The zero-order valence-corrected chi connectivity index (χ0v) is 12.6. The average molecular weight is 286 g/mol. The molecule has 1 heterocycles. The van der Waals surface area contributed by atoms with Gasteiger partial charge in [0.1, 0.15) is 0 Å². The van der Waals surface area contributed by atoms with Crippen molar-refractivity contribution in [1.29, 1.82) is 0 Å². The van der Waals surface area contributed by atoms with E-state index in [4.69, 9.17) is 0 Å². The lowest BCUT2D eigenvalue weighted by atomic mass is 10.0. The molecule has 1 aliphatic heterocycles. The highest BCUT2D eigenvalue weighted by Gasteiger charge is 2.26. The maximum Gasteiger partial charge on any atom is 0.279 e. The van der Waals surface area contributed by atoms with E-state index in [0.29, 0.717) is 6.04 Å². The van der Waals surface area contributed by atoms with E-state index < -0.39 is 10.2 Å². The van der Waals surface area contributed by atoms with Crippen LogP contribution in [-0.2, 0) is 10.2 Å². The van der Waals surface area contributed by atoms with Crippen molar-refractivity contribution in [3.8, 4) is 0 Å². The van der Waals surface area contributed by atoms with Crippen LogP contribution in [0.25, 0.3) is 0 Å². The van der Waals surface area contributed by atoms with Gasteiger partial charge in [-0.2, -0.15) is 17.4 Å².